The number of nitrogens with zero attached hydrogens (tertiary/aromatic N) is 5. The third-order valence-corrected chi connectivity index (χ3v) is 4.86. The first-order valence-electron chi connectivity index (χ1n) is 9.53. The lowest BCUT2D eigenvalue weighted by atomic mass is 10.2. The van der Waals surface area contributed by atoms with Crippen LogP contribution in [-0.4, -0.2) is 43.6 Å². The second-order valence-corrected chi connectivity index (χ2v) is 6.78. The van der Waals surface area contributed by atoms with Crippen molar-refractivity contribution < 1.29 is 9.94 Å². The molecule has 0 unspecified atom stereocenters. The van der Waals surface area contributed by atoms with Crippen LogP contribution < -0.4 is 4.74 Å². The number of rotatable bonds is 4. The van der Waals surface area contributed by atoms with Gasteiger partial charge in [0.2, 0.25) is 5.88 Å². The highest BCUT2D eigenvalue weighted by Gasteiger charge is 2.16. The Hall–Kier alpha value is -3.35. The quantitative estimate of drug-likeness (QED) is 0.321. The topological polar surface area (TPSA) is 75.8 Å². The van der Waals surface area contributed by atoms with Crippen LogP contribution in [0.25, 0.3) is 5.69 Å². The lowest BCUT2D eigenvalue weighted by Gasteiger charge is -2.23. The van der Waals surface area contributed by atoms with Crippen LogP contribution in [0.5, 0.6) is 11.6 Å². The van der Waals surface area contributed by atoms with Crippen molar-refractivity contribution in [1.29, 1.82) is 0 Å². The Morgan fingerprint density at radius 2 is 1.79 bits per heavy atom. The van der Waals surface area contributed by atoms with Crippen molar-refractivity contribution in [2.75, 3.05) is 13.1 Å². The summed E-state index contributed by atoms with van der Waals surface area (Å²) in [6.45, 7) is 1.81. The Morgan fingerprint density at radius 1 is 1.00 bits per heavy atom. The zero-order valence-corrected chi connectivity index (χ0v) is 15.6. The van der Waals surface area contributed by atoms with Crippen molar-refractivity contribution in [3.63, 3.8) is 0 Å². The maximum absolute atomic E-state index is 9.51. The van der Waals surface area contributed by atoms with E-state index in [4.69, 9.17) is 4.74 Å². The second kappa shape index (κ2) is 8.56. The van der Waals surface area contributed by atoms with E-state index in [0.717, 1.165) is 37.2 Å². The highest BCUT2D eigenvalue weighted by atomic mass is 16.5. The minimum Gasteiger partial charge on any atom is -0.439 e. The summed E-state index contributed by atoms with van der Waals surface area (Å²) in [4.78, 5) is 10.5. The fourth-order valence-electron chi connectivity index (χ4n) is 3.38. The molecule has 4 rings (SSSR count). The monoisotopic (exact) mass is 377 g/mol. The summed E-state index contributed by atoms with van der Waals surface area (Å²) in [7, 11) is 0. The van der Waals surface area contributed by atoms with Gasteiger partial charge >= 0.3 is 0 Å². The molecule has 1 aliphatic heterocycles. The van der Waals surface area contributed by atoms with Crippen LogP contribution in [0, 0.1) is 0 Å². The van der Waals surface area contributed by atoms with E-state index < -0.39 is 0 Å². The van der Waals surface area contributed by atoms with Crippen LogP contribution in [0.1, 0.15) is 31.2 Å². The van der Waals surface area contributed by atoms with Crippen LogP contribution in [0.15, 0.2) is 66.5 Å². The molecule has 0 radical (unpaired) electrons. The Labute approximate surface area is 163 Å². The number of oxime groups is 1. The van der Waals surface area contributed by atoms with Gasteiger partial charge in [-0.1, -0.05) is 18.0 Å². The van der Waals surface area contributed by atoms with Gasteiger partial charge in [-0.3, -0.25) is 0 Å². The van der Waals surface area contributed by atoms with Crippen molar-refractivity contribution in [3.8, 4) is 17.3 Å². The number of aromatic nitrogens is 3. The van der Waals surface area contributed by atoms with E-state index >= 15 is 0 Å². The molecule has 0 bridgehead atoms. The summed E-state index contributed by atoms with van der Waals surface area (Å²) < 4.78 is 7.76. The van der Waals surface area contributed by atoms with Gasteiger partial charge < -0.3 is 19.4 Å². The smallest absolute Gasteiger partial charge is 0.219 e. The molecule has 1 N–H and O–H groups in total. The van der Waals surface area contributed by atoms with Gasteiger partial charge in [0, 0.05) is 49.0 Å². The first-order chi connectivity index (χ1) is 13.8. The van der Waals surface area contributed by atoms with E-state index in [-0.39, 0.29) is 0 Å². The Kier molecular flexibility index (Phi) is 5.51. The summed E-state index contributed by atoms with van der Waals surface area (Å²) in [5.41, 5.74) is 1.79. The van der Waals surface area contributed by atoms with Gasteiger partial charge in [-0.05, 0) is 43.2 Å². The van der Waals surface area contributed by atoms with Crippen molar-refractivity contribution >= 4 is 5.84 Å². The van der Waals surface area contributed by atoms with Gasteiger partial charge in [0.25, 0.3) is 0 Å². The molecular formula is C21H23N5O2. The highest BCUT2D eigenvalue weighted by Crippen LogP contribution is 2.22. The average Bonchev–Trinajstić information content (AvgIpc) is 3.14. The SMILES string of the molecule is O/N=C(/c1ccc(Oc2ccc(-n3ccnc3)cc2)nc1)N1CCCCCC1. The lowest BCUT2D eigenvalue weighted by Crippen LogP contribution is -2.32. The van der Waals surface area contributed by atoms with Crippen LogP contribution in [0.3, 0.4) is 0 Å². The minimum atomic E-state index is 0.493. The fraction of sp³-hybridized carbons (Fsp3) is 0.286. The molecule has 28 heavy (non-hydrogen) atoms. The maximum atomic E-state index is 9.51. The van der Waals surface area contributed by atoms with Gasteiger partial charge in [-0.15, -0.1) is 0 Å². The number of pyridine rings is 1. The molecule has 0 atom stereocenters. The summed E-state index contributed by atoms with van der Waals surface area (Å²) >= 11 is 0. The minimum absolute atomic E-state index is 0.493. The molecule has 0 saturated carbocycles. The molecule has 7 nitrogen and oxygen atoms in total. The number of benzene rings is 1. The number of likely N-dealkylation sites (tertiary alicyclic amines) is 1. The van der Waals surface area contributed by atoms with Gasteiger partial charge in [0.15, 0.2) is 5.84 Å². The van der Waals surface area contributed by atoms with E-state index in [1.54, 1.807) is 24.8 Å². The third-order valence-electron chi connectivity index (χ3n) is 4.86. The molecule has 7 heteroatoms. The molecule has 1 aliphatic rings. The van der Waals surface area contributed by atoms with E-state index in [1.165, 1.54) is 12.8 Å². The second-order valence-electron chi connectivity index (χ2n) is 6.78. The first kappa shape index (κ1) is 18.0. The zero-order valence-electron chi connectivity index (χ0n) is 15.6. The lowest BCUT2D eigenvalue weighted by molar-refractivity contribution is 0.301. The number of imidazole rings is 1. The predicted molar refractivity (Wildman–Crippen MR) is 106 cm³/mol. The van der Waals surface area contributed by atoms with Crippen molar-refractivity contribution in [3.05, 3.63) is 66.9 Å². The number of ether oxygens (including phenoxy) is 1. The molecule has 0 aliphatic carbocycles. The summed E-state index contributed by atoms with van der Waals surface area (Å²) in [5, 5.41) is 13.0. The standard InChI is InChI=1S/C21H23N5O2/c27-24-21(25-12-3-1-2-4-13-25)17-5-10-20(23-15-17)28-19-8-6-18(7-9-19)26-14-11-22-16-26/h5-11,14-16,27H,1-4,12-13H2/b24-21-. The van der Waals surface area contributed by atoms with E-state index in [0.29, 0.717) is 17.5 Å². The number of amidine groups is 1. The van der Waals surface area contributed by atoms with Crippen LogP contribution in [0.4, 0.5) is 0 Å². The molecule has 3 aromatic rings. The van der Waals surface area contributed by atoms with Gasteiger partial charge in [-0.25, -0.2) is 9.97 Å². The predicted octanol–water partition coefficient (Wildman–Crippen LogP) is 4.07. The molecule has 0 spiro atoms. The van der Waals surface area contributed by atoms with Gasteiger partial charge in [-0.2, -0.15) is 0 Å². The van der Waals surface area contributed by atoms with Crippen LogP contribution >= 0.6 is 0 Å². The Morgan fingerprint density at radius 3 is 2.39 bits per heavy atom. The Bertz CT molecular complexity index is 897. The number of hydrogen-bond donors (Lipinski definition) is 1. The van der Waals surface area contributed by atoms with E-state index in [2.05, 4.69) is 20.0 Å². The molecule has 2 aromatic heterocycles. The van der Waals surface area contributed by atoms with E-state index in [9.17, 15) is 5.21 Å². The molecular weight excluding hydrogens is 354 g/mol. The molecule has 144 valence electrons. The summed E-state index contributed by atoms with van der Waals surface area (Å²) in [5.74, 6) is 1.77. The van der Waals surface area contributed by atoms with Crippen molar-refractivity contribution in [2.45, 2.75) is 25.7 Å². The molecule has 3 heterocycles. The van der Waals surface area contributed by atoms with Crippen LogP contribution in [-0.2, 0) is 0 Å². The average molecular weight is 377 g/mol. The Balaban J connectivity index is 1.44. The zero-order chi connectivity index (χ0) is 19.2. The van der Waals surface area contributed by atoms with Crippen molar-refractivity contribution in [2.24, 2.45) is 5.16 Å². The summed E-state index contributed by atoms with van der Waals surface area (Å²) in [6.07, 6.45) is 11.7. The number of hydrogen-bond acceptors (Lipinski definition) is 5. The molecule has 0 amide bonds. The summed E-state index contributed by atoms with van der Waals surface area (Å²) in [6, 6.07) is 11.4. The van der Waals surface area contributed by atoms with Crippen molar-refractivity contribution in [1.82, 2.24) is 19.4 Å². The van der Waals surface area contributed by atoms with Gasteiger partial charge in [0.1, 0.15) is 5.75 Å². The normalized spacial score (nSPS) is 15.3. The third kappa shape index (κ3) is 4.14. The fourth-order valence-corrected chi connectivity index (χ4v) is 3.38. The van der Waals surface area contributed by atoms with E-state index in [1.807, 2.05) is 41.1 Å². The molecule has 1 saturated heterocycles. The van der Waals surface area contributed by atoms with Crippen LogP contribution in [0.2, 0.25) is 0 Å². The van der Waals surface area contributed by atoms with Gasteiger partial charge in [0.05, 0.1) is 6.33 Å². The highest BCUT2D eigenvalue weighted by molar-refractivity contribution is 5.98. The first-order valence-corrected chi connectivity index (χ1v) is 9.53. The largest absolute Gasteiger partial charge is 0.439 e. The molecule has 1 aromatic carbocycles. The maximum Gasteiger partial charge on any atom is 0.219 e. The molecule has 1 fully saturated rings.